The van der Waals surface area contributed by atoms with E-state index in [-0.39, 0.29) is 11.8 Å². The first-order chi connectivity index (χ1) is 9.69. The Hall–Kier alpha value is -1.88. The topological polar surface area (TPSA) is 58.6 Å². The number of carbonyl (C=O) groups excluding carboxylic acids is 2. The third-order valence-corrected chi connectivity index (χ3v) is 3.46. The SMILES string of the molecule is CCC(=O)N1c2ccccc2CC1C(=O)NCCOC. The van der Waals surface area contributed by atoms with Gasteiger partial charge < -0.3 is 10.1 Å². The minimum absolute atomic E-state index is 0.0261. The van der Waals surface area contributed by atoms with E-state index in [2.05, 4.69) is 5.32 Å². The molecule has 0 aromatic heterocycles. The molecule has 1 atom stereocenters. The van der Waals surface area contributed by atoms with Crippen molar-refractivity contribution < 1.29 is 14.3 Å². The molecule has 1 N–H and O–H groups in total. The largest absolute Gasteiger partial charge is 0.383 e. The Labute approximate surface area is 118 Å². The molecule has 0 aliphatic carbocycles. The Bertz CT molecular complexity index is 502. The smallest absolute Gasteiger partial charge is 0.243 e. The van der Waals surface area contributed by atoms with Crippen LogP contribution in [0.2, 0.25) is 0 Å². The lowest BCUT2D eigenvalue weighted by Crippen LogP contribution is -2.48. The first-order valence-electron chi connectivity index (χ1n) is 6.85. The second-order valence-electron chi connectivity index (χ2n) is 4.75. The molecule has 1 aromatic rings. The zero-order valence-electron chi connectivity index (χ0n) is 11.9. The standard InChI is InChI=1S/C15H20N2O3/c1-3-14(18)17-12-7-5-4-6-11(12)10-13(17)15(19)16-8-9-20-2/h4-7,13H,3,8-10H2,1-2H3,(H,16,19). The second kappa shape index (κ2) is 6.52. The Balaban J connectivity index is 2.17. The van der Waals surface area contributed by atoms with Gasteiger partial charge in [-0.15, -0.1) is 0 Å². The molecule has 20 heavy (non-hydrogen) atoms. The average molecular weight is 276 g/mol. The summed E-state index contributed by atoms with van der Waals surface area (Å²) in [6.07, 6.45) is 0.955. The van der Waals surface area contributed by atoms with Gasteiger partial charge in [-0.25, -0.2) is 0 Å². The molecule has 1 aliphatic heterocycles. The van der Waals surface area contributed by atoms with Gasteiger partial charge in [-0.3, -0.25) is 14.5 Å². The minimum atomic E-state index is -0.447. The van der Waals surface area contributed by atoms with E-state index in [4.69, 9.17) is 4.74 Å². The summed E-state index contributed by atoms with van der Waals surface area (Å²) in [6, 6.07) is 7.23. The fourth-order valence-corrected chi connectivity index (χ4v) is 2.47. The monoisotopic (exact) mass is 276 g/mol. The molecular formula is C15H20N2O3. The molecular weight excluding hydrogens is 256 g/mol. The molecule has 2 amide bonds. The number of fused-ring (bicyclic) bond motifs is 1. The lowest BCUT2D eigenvalue weighted by molar-refractivity contribution is -0.126. The first-order valence-corrected chi connectivity index (χ1v) is 6.85. The van der Waals surface area contributed by atoms with E-state index in [1.807, 2.05) is 31.2 Å². The van der Waals surface area contributed by atoms with Gasteiger partial charge in [0.1, 0.15) is 6.04 Å². The predicted octanol–water partition coefficient (Wildman–Crippen LogP) is 1.12. The number of rotatable bonds is 5. The highest BCUT2D eigenvalue weighted by Gasteiger charge is 2.37. The summed E-state index contributed by atoms with van der Waals surface area (Å²) in [5, 5.41) is 2.81. The van der Waals surface area contributed by atoms with Gasteiger partial charge in [-0.05, 0) is 11.6 Å². The number of benzene rings is 1. The molecule has 5 heteroatoms. The summed E-state index contributed by atoms with van der Waals surface area (Å²) < 4.78 is 4.92. The van der Waals surface area contributed by atoms with E-state index in [1.165, 1.54) is 0 Å². The Morgan fingerprint density at radius 1 is 1.40 bits per heavy atom. The minimum Gasteiger partial charge on any atom is -0.383 e. The average Bonchev–Trinajstić information content (AvgIpc) is 2.86. The van der Waals surface area contributed by atoms with Crippen molar-refractivity contribution in [3.05, 3.63) is 29.8 Å². The number of carbonyl (C=O) groups is 2. The highest BCUT2D eigenvalue weighted by molar-refractivity contribution is 6.03. The van der Waals surface area contributed by atoms with Gasteiger partial charge in [0.2, 0.25) is 11.8 Å². The second-order valence-corrected chi connectivity index (χ2v) is 4.75. The maximum Gasteiger partial charge on any atom is 0.243 e. The van der Waals surface area contributed by atoms with Crippen molar-refractivity contribution in [2.75, 3.05) is 25.2 Å². The number of hydrogen-bond donors (Lipinski definition) is 1. The van der Waals surface area contributed by atoms with Crippen LogP contribution >= 0.6 is 0 Å². The zero-order valence-corrected chi connectivity index (χ0v) is 11.9. The molecule has 108 valence electrons. The predicted molar refractivity (Wildman–Crippen MR) is 76.6 cm³/mol. The molecule has 1 aliphatic rings. The molecule has 0 saturated heterocycles. The van der Waals surface area contributed by atoms with Gasteiger partial charge in [-0.1, -0.05) is 25.1 Å². The van der Waals surface area contributed by atoms with Crippen molar-refractivity contribution in [1.82, 2.24) is 5.32 Å². The number of hydrogen-bond acceptors (Lipinski definition) is 3. The fourth-order valence-electron chi connectivity index (χ4n) is 2.47. The number of para-hydroxylation sites is 1. The normalized spacial score (nSPS) is 16.9. The third kappa shape index (κ3) is 2.82. The molecule has 5 nitrogen and oxygen atoms in total. The van der Waals surface area contributed by atoms with E-state index in [0.717, 1.165) is 11.3 Å². The van der Waals surface area contributed by atoms with Crippen LogP contribution in [0.4, 0.5) is 5.69 Å². The van der Waals surface area contributed by atoms with Crippen LogP contribution in [0.5, 0.6) is 0 Å². The van der Waals surface area contributed by atoms with E-state index in [0.29, 0.717) is 26.0 Å². The van der Waals surface area contributed by atoms with Gasteiger partial charge in [-0.2, -0.15) is 0 Å². The van der Waals surface area contributed by atoms with Crippen LogP contribution in [0.25, 0.3) is 0 Å². The first kappa shape index (κ1) is 14.5. The number of nitrogens with zero attached hydrogens (tertiary/aromatic N) is 1. The van der Waals surface area contributed by atoms with Crippen LogP contribution < -0.4 is 10.2 Å². The van der Waals surface area contributed by atoms with Crippen molar-refractivity contribution in [2.24, 2.45) is 0 Å². The van der Waals surface area contributed by atoms with Crippen LogP contribution in [0.1, 0.15) is 18.9 Å². The quantitative estimate of drug-likeness (QED) is 0.820. The Kier molecular flexibility index (Phi) is 4.74. The van der Waals surface area contributed by atoms with Crippen molar-refractivity contribution in [3.8, 4) is 0 Å². The molecule has 0 saturated carbocycles. The molecule has 0 spiro atoms. The highest BCUT2D eigenvalue weighted by atomic mass is 16.5. The fraction of sp³-hybridized carbons (Fsp3) is 0.467. The van der Waals surface area contributed by atoms with E-state index < -0.39 is 6.04 Å². The summed E-state index contributed by atoms with van der Waals surface area (Å²) in [6.45, 7) is 2.73. The number of nitrogens with one attached hydrogen (secondary N) is 1. The molecule has 0 bridgehead atoms. The zero-order chi connectivity index (χ0) is 14.5. The van der Waals surface area contributed by atoms with Crippen molar-refractivity contribution in [2.45, 2.75) is 25.8 Å². The molecule has 1 aromatic carbocycles. The molecule has 0 fully saturated rings. The van der Waals surface area contributed by atoms with E-state index in [1.54, 1.807) is 12.0 Å². The number of ether oxygens (including phenoxy) is 1. The Morgan fingerprint density at radius 3 is 2.85 bits per heavy atom. The number of anilines is 1. The van der Waals surface area contributed by atoms with Crippen LogP contribution in [0, 0.1) is 0 Å². The third-order valence-electron chi connectivity index (χ3n) is 3.46. The van der Waals surface area contributed by atoms with E-state index in [9.17, 15) is 9.59 Å². The molecule has 1 unspecified atom stereocenters. The molecule has 2 rings (SSSR count). The van der Waals surface area contributed by atoms with E-state index >= 15 is 0 Å². The summed E-state index contributed by atoms with van der Waals surface area (Å²) in [5.41, 5.74) is 1.90. The summed E-state index contributed by atoms with van der Waals surface area (Å²) >= 11 is 0. The lowest BCUT2D eigenvalue weighted by atomic mass is 10.1. The van der Waals surface area contributed by atoms with Gasteiger partial charge in [0, 0.05) is 32.2 Å². The van der Waals surface area contributed by atoms with Crippen LogP contribution in [0.15, 0.2) is 24.3 Å². The van der Waals surface area contributed by atoms with Crippen LogP contribution in [-0.4, -0.2) is 38.1 Å². The maximum absolute atomic E-state index is 12.3. The summed E-state index contributed by atoms with van der Waals surface area (Å²) in [5.74, 6) is -0.151. The van der Waals surface area contributed by atoms with Gasteiger partial charge in [0.05, 0.1) is 6.61 Å². The molecule has 0 radical (unpaired) electrons. The van der Waals surface area contributed by atoms with Gasteiger partial charge in [0.25, 0.3) is 0 Å². The van der Waals surface area contributed by atoms with Gasteiger partial charge >= 0.3 is 0 Å². The number of amides is 2. The summed E-state index contributed by atoms with van der Waals surface area (Å²) in [7, 11) is 1.59. The number of methoxy groups -OCH3 is 1. The van der Waals surface area contributed by atoms with Crippen molar-refractivity contribution in [3.63, 3.8) is 0 Å². The lowest BCUT2D eigenvalue weighted by Gasteiger charge is -2.24. The summed E-state index contributed by atoms with van der Waals surface area (Å²) in [4.78, 5) is 26.0. The van der Waals surface area contributed by atoms with Gasteiger partial charge in [0.15, 0.2) is 0 Å². The van der Waals surface area contributed by atoms with Crippen molar-refractivity contribution in [1.29, 1.82) is 0 Å². The van der Waals surface area contributed by atoms with Crippen molar-refractivity contribution >= 4 is 17.5 Å². The van der Waals surface area contributed by atoms with Crippen LogP contribution in [-0.2, 0) is 20.7 Å². The Morgan fingerprint density at radius 2 is 2.15 bits per heavy atom. The maximum atomic E-state index is 12.3. The van der Waals surface area contributed by atoms with Crippen LogP contribution in [0.3, 0.4) is 0 Å². The molecule has 1 heterocycles. The highest BCUT2D eigenvalue weighted by Crippen LogP contribution is 2.32.